The van der Waals surface area contributed by atoms with Gasteiger partial charge in [-0.25, -0.2) is 9.97 Å². The second-order valence-corrected chi connectivity index (χ2v) is 2.84. The fourth-order valence-corrected chi connectivity index (χ4v) is 0.816. The topological polar surface area (TPSA) is 51.8 Å². The number of halogens is 2. The van der Waals surface area contributed by atoms with E-state index in [9.17, 15) is 0 Å². The lowest BCUT2D eigenvalue weighted by Crippen LogP contribution is -2.02. The van der Waals surface area contributed by atoms with Crippen LogP contribution in [0, 0.1) is 0 Å². The molecule has 0 bridgehead atoms. The molecule has 0 spiro atoms. The summed E-state index contributed by atoms with van der Waals surface area (Å²) < 4.78 is 0.686. The van der Waals surface area contributed by atoms with Crippen LogP contribution in [-0.2, 0) is 6.54 Å². The zero-order valence-electron chi connectivity index (χ0n) is 5.01. The standard InChI is InChI=1S/C5H5BrClN3/c6-3-2-9-4(1-8)10-5(3)7/h2H,1,8H2. The molecular formula is C5H5BrClN3. The minimum atomic E-state index is 0.312. The number of nitrogens with zero attached hydrogens (tertiary/aromatic N) is 2. The van der Waals surface area contributed by atoms with Crippen molar-refractivity contribution in [3.05, 3.63) is 21.6 Å². The molecule has 0 aromatic carbocycles. The second-order valence-electron chi connectivity index (χ2n) is 1.63. The molecule has 1 heterocycles. The van der Waals surface area contributed by atoms with Crippen molar-refractivity contribution < 1.29 is 0 Å². The number of aromatic nitrogens is 2. The molecule has 54 valence electrons. The number of hydrogen-bond acceptors (Lipinski definition) is 3. The van der Waals surface area contributed by atoms with Gasteiger partial charge in [0.1, 0.15) is 11.0 Å². The lowest BCUT2D eigenvalue weighted by Gasteiger charge is -1.96. The smallest absolute Gasteiger partial charge is 0.147 e. The van der Waals surface area contributed by atoms with Gasteiger partial charge in [-0.1, -0.05) is 11.6 Å². The number of hydrogen-bond donors (Lipinski definition) is 1. The van der Waals surface area contributed by atoms with Crippen molar-refractivity contribution in [2.75, 3.05) is 0 Å². The van der Waals surface area contributed by atoms with Crippen molar-refractivity contribution in [2.24, 2.45) is 5.73 Å². The van der Waals surface area contributed by atoms with Crippen LogP contribution in [0.2, 0.25) is 5.15 Å². The van der Waals surface area contributed by atoms with Gasteiger partial charge in [-0.15, -0.1) is 0 Å². The largest absolute Gasteiger partial charge is 0.324 e. The maximum Gasteiger partial charge on any atom is 0.147 e. The van der Waals surface area contributed by atoms with Gasteiger partial charge in [-0.2, -0.15) is 0 Å². The van der Waals surface area contributed by atoms with E-state index in [4.69, 9.17) is 17.3 Å². The summed E-state index contributed by atoms with van der Waals surface area (Å²) in [5.74, 6) is 0.549. The summed E-state index contributed by atoms with van der Waals surface area (Å²) in [6.07, 6.45) is 1.58. The van der Waals surface area contributed by atoms with Crippen LogP contribution >= 0.6 is 27.5 Å². The average molecular weight is 222 g/mol. The van der Waals surface area contributed by atoms with Crippen LogP contribution < -0.4 is 5.73 Å². The molecule has 5 heteroatoms. The molecule has 0 saturated carbocycles. The molecule has 1 rings (SSSR count). The Labute approximate surface area is 71.7 Å². The maximum absolute atomic E-state index is 5.64. The zero-order valence-corrected chi connectivity index (χ0v) is 7.35. The van der Waals surface area contributed by atoms with Gasteiger partial charge < -0.3 is 5.73 Å². The molecule has 0 fully saturated rings. The van der Waals surface area contributed by atoms with Gasteiger partial charge in [0.2, 0.25) is 0 Å². The summed E-state index contributed by atoms with van der Waals surface area (Å²) in [5, 5.41) is 0.399. The normalized spacial score (nSPS) is 9.90. The maximum atomic E-state index is 5.64. The molecule has 0 atom stereocenters. The van der Waals surface area contributed by atoms with Crippen LogP contribution in [0.5, 0.6) is 0 Å². The van der Waals surface area contributed by atoms with Gasteiger partial charge in [0.15, 0.2) is 0 Å². The van der Waals surface area contributed by atoms with E-state index in [2.05, 4.69) is 25.9 Å². The predicted molar refractivity (Wildman–Crippen MR) is 42.6 cm³/mol. The molecule has 3 nitrogen and oxygen atoms in total. The minimum Gasteiger partial charge on any atom is -0.324 e. The summed E-state index contributed by atoms with van der Waals surface area (Å²) in [6, 6.07) is 0. The quantitative estimate of drug-likeness (QED) is 0.730. The van der Waals surface area contributed by atoms with E-state index in [1.54, 1.807) is 6.20 Å². The van der Waals surface area contributed by atoms with Crippen LogP contribution in [0.3, 0.4) is 0 Å². The van der Waals surface area contributed by atoms with Crippen molar-refractivity contribution in [2.45, 2.75) is 6.54 Å². The first kappa shape index (κ1) is 7.91. The van der Waals surface area contributed by atoms with E-state index >= 15 is 0 Å². The Balaban J connectivity index is 3.04. The van der Waals surface area contributed by atoms with E-state index in [0.717, 1.165) is 0 Å². The van der Waals surface area contributed by atoms with E-state index in [0.29, 0.717) is 22.0 Å². The van der Waals surface area contributed by atoms with E-state index in [1.165, 1.54) is 0 Å². The van der Waals surface area contributed by atoms with Crippen LogP contribution in [0.4, 0.5) is 0 Å². The van der Waals surface area contributed by atoms with Crippen molar-refractivity contribution >= 4 is 27.5 Å². The van der Waals surface area contributed by atoms with Gasteiger partial charge in [0, 0.05) is 6.20 Å². The molecule has 0 saturated heterocycles. The summed E-state index contributed by atoms with van der Waals surface area (Å²) in [7, 11) is 0. The van der Waals surface area contributed by atoms with Gasteiger partial charge in [0.05, 0.1) is 11.0 Å². The minimum absolute atomic E-state index is 0.312. The molecule has 0 aliphatic heterocycles. The first-order valence-electron chi connectivity index (χ1n) is 2.61. The summed E-state index contributed by atoms with van der Waals surface area (Å²) in [4.78, 5) is 7.76. The molecule has 2 N–H and O–H groups in total. The highest BCUT2D eigenvalue weighted by Gasteiger charge is 1.98. The van der Waals surface area contributed by atoms with E-state index in [-0.39, 0.29) is 0 Å². The molecule has 0 aliphatic carbocycles. The Morgan fingerprint density at radius 3 is 2.90 bits per heavy atom. The lowest BCUT2D eigenvalue weighted by atomic mass is 10.5. The van der Waals surface area contributed by atoms with E-state index < -0.39 is 0 Å². The molecule has 1 aromatic heterocycles. The van der Waals surface area contributed by atoms with Crippen molar-refractivity contribution in [1.29, 1.82) is 0 Å². The first-order chi connectivity index (χ1) is 4.74. The van der Waals surface area contributed by atoms with Gasteiger partial charge in [-0.3, -0.25) is 0 Å². The lowest BCUT2D eigenvalue weighted by molar-refractivity contribution is 0.905. The molecular weight excluding hydrogens is 217 g/mol. The number of nitrogens with two attached hydrogens (primary N) is 1. The zero-order chi connectivity index (χ0) is 7.56. The SMILES string of the molecule is NCc1ncc(Br)c(Cl)n1. The molecule has 0 aliphatic rings. The average Bonchev–Trinajstić information content (AvgIpc) is 1.95. The van der Waals surface area contributed by atoms with Crippen molar-refractivity contribution in [3.8, 4) is 0 Å². The molecule has 10 heavy (non-hydrogen) atoms. The third-order valence-corrected chi connectivity index (χ3v) is 2.03. The third-order valence-electron chi connectivity index (χ3n) is 0.934. The van der Waals surface area contributed by atoms with Crippen molar-refractivity contribution in [3.63, 3.8) is 0 Å². The first-order valence-corrected chi connectivity index (χ1v) is 3.78. The van der Waals surface area contributed by atoms with Gasteiger partial charge in [0.25, 0.3) is 0 Å². The Bertz CT molecular complexity index is 240. The highest BCUT2D eigenvalue weighted by atomic mass is 79.9. The Kier molecular flexibility index (Phi) is 2.59. The molecule has 1 aromatic rings. The Morgan fingerprint density at radius 1 is 1.70 bits per heavy atom. The molecule has 0 radical (unpaired) electrons. The van der Waals surface area contributed by atoms with Crippen LogP contribution in [0.25, 0.3) is 0 Å². The highest BCUT2D eigenvalue weighted by molar-refractivity contribution is 9.10. The van der Waals surface area contributed by atoms with Crippen LogP contribution in [0.1, 0.15) is 5.82 Å². The molecule has 0 unspecified atom stereocenters. The van der Waals surface area contributed by atoms with Crippen LogP contribution in [0.15, 0.2) is 10.7 Å². The van der Waals surface area contributed by atoms with Gasteiger partial charge >= 0.3 is 0 Å². The monoisotopic (exact) mass is 221 g/mol. The third kappa shape index (κ3) is 1.65. The fraction of sp³-hybridized carbons (Fsp3) is 0.200. The molecule has 0 amide bonds. The van der Waals surface area contributed by atoms with Crippen molar-refractivity contribution in [1.82, 2.24) is 9.97 Å². The number of rotatable bonds is 1. The van der Waals surface area contributed by atoms with Crippen LogP contribution in [-0.4, -0.2) is 9.97 Å². The predicted octanol–water partition coefficient (Wildman–Crippen LogP) is 1.35. The summed E-state index contributed by atoms with van der Waals surface area (Å²) in [5.41, 5.74) is 5.27. The Morgan fingerprint density at radius 2 is 2.40 bits per heavy atom. The van der Waals surface area contributed by atoms with Gasteiger partial charge in [-0.05, 0) is 15.9 Å². The summed E-state index contributed by atoms with van der Waals surface area (Å²) in [6.45, 7) is 0.312. The van der Waals surface area contributed by atoms with E-state index in [1.807, 2.05) is 0 Å². The Hall–Kier alpha value is -0.190. The highest BCUT2D eigenvalue weighted by Crippen LogP contribution is 2.17. The fourth-order valence-electron chi connectivity index (χ4n) is 0.478. The second kappa shape index (κ2) is 3.27. The summed E-state index contributed by atoms with van der Waals surface area (Å²) >= 11 is 8.80.